The van der Waals surface area contributed by atoms with Crippen LogP contribution in [-0.4, -0.2) is 86.3 Å². The molecule has 2 saturated heterocycles. The molecule has 232 valence electrons. The maximum Gasteiger partial charge on any atom is 0.410 e. The number of nitrogens with one attached hydrogen (secondary N) is 1. The third-order valence-corrected chi connectivity index (χ3v) is 7.69. The number of halogens is 4. The van der Waals surface area contributed by atoms with Crippen molar-refractivity contribution in [1.82, 2.24) is 29.7 Å². The number of hydrogen-bond donors (Lipinski definition) is 2. The van der Waals surface area contributed by atoms with Gasteiger partial charge in [-0.05, 0) is 57.0 Å². The summed E-state index contributed by atoms with van der Waals surface area (Å²) in [7, 11) is 0. The van der Waals surface area contributed by atoms with E-state index in [9.17, 15) is 22.8 Å². The van der Waals surface area contributed by atoms with Crippen LogP contribution in [0.3, 0.4) is 0 Å². The van der Waals surface area contributed by atoms with Gasteiger partial charge in [0.1, 0.15) is 29.4 Å². The molecule has 2 atom stereocenters. The van der Waals surface area contributed by atoms with Crippen molar-refractivity contribution in [2.24, 2.45) is 0 Å². The first-order valence-corrected chi connectivity index (χ1v) is 14.1. The van der Waals surface area contributed by atoms with Gasteiger partial charge in [-0.25, -0.2) is 31.9 Å². The number of nitrogens with zero attached hydrogens (tertiary/aromatic N) is 5. The highest BCUT2D eigenvalue weighted by Crippen LogP contribution is 2.34. The van der Waals surface area contributed by atoms with Crippen molar-refractivity contribution in [3.8, 4) is 11.3 Å². The van der Waals surface area contributed by atoms with Crippen LogP contribution in [0.4, 0.5) is 28.2 Å². The van der Waals surface area contributed by atoms with E-state index in [4.69, 9.17) is 10.5 Å². The van der Waals surface area contributed by atoms with Gasteiger partial charge in [0.2, 0.25) is 0 Å². The summed E-state index contributed by atoms with van der Waals surface area (Å²) in [5.41, 5.74) is 7.20. The number of ether oxygens (including phenoxy) is 1. The van der Waals surface area contributed by atoms with E-state index >= 15 is 4.39 Å². The maximum absolute atomic E-state index is 15.5. The average Bonchev–Trinajstić information content (AvgIpc) is 3.45. The number of benzene rings is 1. The Balaban J connectivity index is 1.41. The number of hydrogen-bond acceptors (Lipinski definition) is 7. The SMILES string of the molecule is Cc1cc(F)c(-c2cc(CN3CCC(F)(F)CC3)c3c(N)ncnn23)cc1C(=O)N[C@@H]1CN(C(=O)OC(C)(C)C)C[C@@H]1F. The Hall–Kier alpha value is -3.94. The molecule has 0 unspecified atom stereocenters. The summed E-state index contributed by atoms with van der Waals surface area (Å²) in [5, 5.41) is 6.90. The molecule has 5 rings (SSSR count). The second-order valence-electron chi connectivity index (χ2n) is 12.2. The molecule has 2 aliphatic rings. The number of amides is 2. The summed E-state index contributed by atoms with van der Waals surface area (Å²) in [5.74, 6) is -3.84. The summed E-state index contributed by atoms with van der Waals surface area (Å²) in [6.45, 7) is 6.98. The smallest absolute Gasteiger partial charge is 0.410 e. The van der Waals surface area contributed by atoms with Gasteiger partial charge < -0.3 is 20.7 Å². The predicted octanol–water partition coefficient (Wildman–Crippen LogP) is 4.34. The monoisotopic (exact) mass is 605 g/mol. The second kappa shape index (κ2) is 11.3. The fraction of sp³-hybridized carbons (Fsp3) is 0.517. The number of nitrogen functional groups attached to an aromatic ring is 1. The summed E-state index contributed by atoms with van der Waals surface area (Å²) in [6.07, 6.45) is -1.52. The van der Waals surface area contributed by atoms with Crippen LogP contribution < -0.4 is 11.1 Å². The molecule has 0 saturated carbocycles. The number of likely N-dealkylation sites (tertiary alicyclic amines) is 2. The molecule has 2 amide bonds. The van der Waals surface area contributed by atoms with Gasteiger partial charge in [0.25, 0.3) is 11.8 Å². The van der Waals surface area contributed by atoms with Gasteiger partial charge >= 0.3 is 6.09 Å². The molecule has 2 aliphatic heterocycles. The van der Waals surface area contributed by atoms with E-state index in [1.165, 1.54) is 27.9 Å². The van der Waals surface area contributed by atoms with Gasteiger partial charge in [-0.2, -0.15) is 5.10 Å². The van der Waals surface area contributed by atoms with E-state index in [0.717, 1.165) is 0 Å². The van der Waals surface area contributed by atoms with E-state index in [1.54, 1.807) is 33.8 Å². The molecular formula is C29H35F4N7O3. The number of carbonyl (C=O) groups is 2. The summed E-state index contributed by atoms with van der Waals surface area (Å²) in [4.78, 5) is 32.9. The van der Waals surface area contributed by atoms with Crippen molar-refractivity contribution < 1.29 is 31.9 Å². The van der Waals surface area contributed by atoms with Crippen molar-refractivity contribution in [3.63, 3.8) is 0 Å². The van der Waals surface area contributed by atoms with Crippen molar-refractivity contribution in [2.75, 3.05) is 31.9 Å². The lowest BCUT2D eigenvalue weighted by Gasteiger charge is -2.31. The highest BCUT2D eigenvalue weighted by Gasteiger charge is 2.39. The van der Waals surface area contributed by atoms with E-state index in [0.29, 0.717) is 16.6 Å². The topological polar surface area (TPSA) is 118 Å². The molecule has 2 aromatic heterocycles. The minimum absolute atomic E-state index is 0.0406. The number of aryl methyl sites for hydroxylation is 1. The number of rotatable bonds is 5. The Morgan fingerprint density at radius 1 is 1.16 bits per heavy atom. The molecule has 3 N–H and O–H groups in total. The van der Waals surface area contributed by atoms with E-state index in [1.807, 2.05) is 4.90 Å². The van der Waals surface area contributed by atoms with E-state index in [2.05, 4.69) is 15.4 Å². The summed E-state index contributed by atoms with van der Waals surface area (Å²) in [6, 6.07) is 3.24. The first-order valence-electron chi connectivity index (χ1n) is 14.1. The first-order chi connectivity index (χ1) is 20.1. The van der Waals surface area contributed by atoms with Crippen molar-refractivity contribution in [2.45, 2.75) is 70.8 Å². The van der Waals surface area contributed by atoms with Crippen molar-refractivity contribution in [3.05, 3.63) is 47.0 Å². The lowest BCUT2D eigenvalue weighted by Crippen LogP contribution is -2.42. The largest absolute Gasteiger partial charge is 0.444 e. The minimum Gasteiger partial charge on any atom is -0.444 e. The highest BCUT2D eigenvalue weighted by molar-refractivity contribution is 5.97. The zero-order valence-corrected chi connectivity index (χ0v) is 24.5. The number of aromatic nitrogens is 3. The number of carbonyl (C=O) groups excluding carboxylic acids is 2. The van der Waals surface area contributed by atoms with Crippen LogP contribution >= 0.6 is 0 Å². The van der Waals surface area contributed by atoms with Crippen molar-refractivity contribution >= 4 is 23.3 Å². The van der Waals surface area contributed by atoms with Gasteiger partial charge in [0.15, 0.2) is 5.82 Å². The van der Waals surface area contributed by atoms with Crippen LogP contribution in [0.25, 0.3) is 16.8 Å². The molecule has 2 fully saturated rings. The molecule has 0 bridgehead atoms. The fourth-order valence-electron chi connectivity index (χ4n) is 5.47. The quantitative estimate of drug-likeness (QED) is 0.416. The van der Waals surface area contributed by atoms with Crippen LogP contribution in [0.1, 0.15) is 55.1 Å². The number of nitrogens with two attached hydrogens (primary N) is 1. The van der Waals surface area contributed by atoms with Crippen molar-refractivity contribution in [1.29, 1.82) is 0 Å². The third kappa shape index (κ3) is 6.53. The first kappa shape index (κ1) is 30.5. The molecule has 4 heterocycles. The maximum atomic E-state index is 15.5. The van der Waals surface area contributed by atoms with Gasteiger partial charge in [0.05, 0.1) is 18.3 Å². The highest BCUT2D eigenvalue weighted by atomic mass is 19.3. The molecule has 3 aromatic rings. The number of piperidine rings is 1. The standard InChI is InChI=1S/C29H35F4N7O3/c1-16-9-20(30)19(11-18(16)26(41)37-22-14-39(13-21(22)31)27(42)43-28(2,3)4)23-10-17(24-25(34)35-15-36-40(23)24)12-38-7-5-29(32,33)6-8-38/h9-11,15,21-22H,5-8,12-14H2,1-4H3,(H,37,41)(H2,34,35,36)/t21-,22+/m0/s1. The zero-order valence-electron chi connectivity index (χ0n) is 24.5. The summed E-state index contributed by atoms with van der Waals surface area (Å²) < 4.78 is 64.5. The summed E-state index contributed by atoms with van der Waals surface area (Å²) >= 11 is 0. The predicted molar refractivity (Wildman–Crippen MR) is 151 cm³/mol. The number of fused-ring (bicyclic) bond motifs is 1. The Bertz CT molecular complexity index is 1550. The lowest BCUT2D eigenvalue weighted by molar-refractivity contribution is -0.0565. The normalized spacial score (nSPS) is 20.9. The van der Waals surface area contributed by atoms with Crippen LogP contribution in [-0.2, 0) is 11.3 Å². The Kier molecular flexibility index (Phi) is 8.01. The Labute approximate surface area is 246 Å². The van der Waals surface area contributed by atoms with Crippen LogP contribution in [0.15, 0.2) is 24.5 Å². The van der Waals surface area contributed by atoms with Gasteiger partial charge in [-0.3, -0.25) is 9.69 Å². The molecule has 0 aliphatic carbocycles. The van der Waals surface area contributed by atoms with Crippen LogP contribution in [0.2, 0.25) is 0 Å². The zero-order chi connectivity index (χ0) is 31.3. The molecule has 43 heavy (non-hydrogen) atoms. The minimum atomic E-state index is -2.71. The van der Waals surface area contributed by atoms with Gasteiger partial charge in [0, 0.05) is 50.1 Å². The molecule has 0 radical (unpaired) electrons. The molecule has 10 nitrogen and oxygen atoms in total. The molecular weight excluding hydrogens is 570 g/mol. The number of anilines is 1. The Morgan fingerprint density at radius 2 is 1.86 bits per heavy atom. The third-order valence-electron chi connectivity index (χ3n) is 7.69. The Morgan fingerprint density at radius 3 is 2.53 bits per heavy atom. The van der Waals surface area contributed by atoms with E-state index < -0.39 is 41.6 Å². The molecule has 0 spiro atoms. The lowest BCUT2D eigenvalue weighted by atomic mass is 10.0. The van der Waals surface area contributed by atoms with Gasteiger partial charge in [-0.15, -0.1) is 0 Å². The molecule has 1 aromatic carbocycles. The fourth-order valence-corrected chi connectivity index (χ4v) is 5.47. The van der Waals surface area contributed by atoms with Crippen LogP contribution in [0, 0.1) is 12.7 Å². The average molecular weight is 606 g/mol. The number of alkyl halides is 3. The second-order valence-corrected chi connectivity index (χ2v) is 12.2. The van der Waals surface area contributed by atoms with E-state index in [-0.39, 0.29) is 68.2 Å². The van der Waals surface area contributed by atoms with Crippen LogP contribution in [0.5, 0.6) is 0 Å². The van der Waals surface area contributed by atoms with Gasteiger partial charge in [-0.1, -0.05) is 0 Å². The molecule has 14 heteroatoms.